The predicted molar refractivity (Wildman–Crippen MR) is 127 cm³/mol. The average molecular weight is 425 g/mol. The van der Waals surface area contributed by atoms with Gasteiger partial charge < -0.3 is 15.4 Å². The van der Waals surface area contributed by atoms with Crippen molar-refractivity contribution in [2.24, 2.45) is 17.8 Å². The molecule has 2 bridgehead atoms. The van der Waals surface area contributed by atoms with Gasteiger partial charge in [-0.15, -0.1) is 0 Å². The fraction of sp³-hybridized carbons (Fsp3) is 0.321. The summed E-state index contributed by atoms with van der Waals surface area (Å²) in [4.78, 5) is 13.0. The number of hydrogen-bond acceptors (Lipinski definition) is 3. The van der Waals surface area contributed by atoms with Gasteiger partial charge in [-0.05, 0) is 96.5 Å². The number of hydrogen-bond donors (Lipinski definition) is 2. The molecule has 2 saturated carbocycles. The van der Waals surface area contributed by atoms with Crippen molar-refractivity contribution in [3.63, 3.8) is 0 Å². The molecule has 2 N–H and O–H groups in total. The number of methoxy groups -OCH3 is 1. The summed E-state index contributed by atoms with van der Waals surface area (Å²) < 4.78 is 5.21. The molecular weight excluding hydrogens is 396 g/mol. The predicted octanol–water partition coefficient (Wildman–Crippen LogP) is 6.24. The van der Waals surface area contributed by atoms with Crippen LogP contribution in [-0.2, 0) is 0 Å². The highest BCUT2D eigenvalue weighted by molar-refractivity contribution is 6.04. The van der Waals surface area contributed by atoms with Crippen LogP contribution in [0.1, 0.15) is 52.7 Å². The maximum absolute atomic E-state index is 13.0. The zero-order valence-electron chi connectivity index (χ0n) is 18.3. The number of carbonyl (C=O) groups excluding carboxylic acids is 1. The van der Waals surface area contributed by atoms with Crippen LogP contribution in [-0.4, -0.2) is 13.0 Å². The summed E-state index contributed by atoms with van der Waals surface area (Å²) in [6.07, 6.45) is 3.97. The van der Waals surface area contributed by atoms with E-state index in [9.17, 15) is 4.79 Å². The van der Waals surface area contributed by atoms with Crippen molar-refractivity contribution >= 4 is 17.3 Å². The van der Waals surface area contributed by atoms with Crippen LogP contribution >= 0.6 is 0 Å². The molecule has 3 aliphatic rings. The third-order valence-electron chi connectivity index (χ3n) is 7.86. The van der Waals surface area contributed by atoms with Gasteiger partial charge in [0.2, 0.25) is 0 Å². The van der Waals surface area contributed by atoms with Gasteiger partial charge in [0, 0.05) is 16.9 Å². The lowest BCUT2D eigenvalue weighted by molar-refractivity contribution is 0.102. The summed E-state index contributed by atoms with van der Waals surface area (Å²) >= 11 is 0. The molecular formula is C28H28N2O2. The lowest BCUT2D eigenvalue weighted by Gasteiger charge is -2.43. The molecule has 2 fully saturated rings. The lowest BCUT2D eigenvalue weighted by Crippen LogP contribution is -2.35. The Morgan fingerprint density at radius 2 is 1.75 bits per heavy atom. The van der Waals surface area contributed by atoms with Crippen molar-refractivity contribution in [1.82, 2.24) is 0 Å². The van der Waals surface area contributed by atoms with E-state index in [1.807, 2.05) is 30.3 Å². The molecule has 0 aromatic heterocycles. The number of nitrogens with one attached hydrogen (secondary N) is 2. The van der Waals surface area contributed by atoms with E-state index < -0.39 is 0 Å². The van der Waals surface area contributed by atoms with Crippen molar-refractivity contribution in [1.29, 1.82) is 0 Å². The van der Waals surface area contributed by atoms with Crippen LogP contribution in [0, 0.1) is 17.8 Å². The van der Waals surface area contributed by atoms with E-state index in [0.29, 0.717) is 17.9 Å². The monoisotopic (exact) mass is 424 g/mol. The van der Waals surface area contributed by atoms with Gasteiger partial charge in [0.05, 0.1) is 13.2 Å². The zero-order chi connectivity index (χ0) is 21.7. The van der Waals surface area contributed by atoms with Gasteiger partial charge in [-0.2, -0.15) is 0 Å². The standard InChI is InChI=1S/C28H28N2O2/c1-32-22-12-10-21(11-13-22)29-28(31)20-9-14-24-23(16-20)25-18-7-8-19(15-18)26(25)27(30-24)17-5-3-2-4-6-17/h2-6,9-14,16,18-19,25-27,30H,7-8,15H2,1H3,(H,29,31)/t18-,19+,25-,26+,27+/m1/s1. The van der Waals surface area contributed by atoms with Gasteiger partial charge in [0.25, 0.3) is 5.91 Å². The van der Waals surface area contributed by atoms with Gasteiger partial charge in [-0.1, -0.05) is 30.3 Å². The number of carbonyl (C=O) groups is 1. The number of benzene rings is 3. The minimum Gasteiger partial charge on any atom is -0.497 e. The molecule has 0 spiro atoms. The minimum atomic E-state index is -0.0668. The molecule has 3 aromatic rings. The van der Waals surface area contributed by atoms with E-state index in [2.05, 4.69) is 53.1 Å². The van der Waals surface area contributed by atoms with Gasteiger partial charge in [-0.25, -0.2) is 0 Å². The highest BCUT2D eigenvalue weighted by Gasteiger charge is 2.53. The van der Waals surface area contributed by atoms with E-state index >= 15 is 0 Å². The minimum absolute atomic E-state index is 0.0668. The fourth-order valence-electron chi connectivity index (χ4n) is 6.50. The molecule has 2 aliphatic carbocycles. The molecule has 0 unspecified atom stereocenters. The van der Waals surface area contributed by atoms with Crippen LogP contribution in [0.15, 0.2) is 72.8 Å². The maximum Gasteiger partial charge on any atom is 0.255 e. The first-order valence-electron chi connectivity index (χ1n) is 11.6. The van der Waals surface area contributed by atoms with Crippen molar-refractivity contribution < 1.29 is 9.53 Å². The highest BCUT2D eigenvalue weighted by Crippen LogP contribution is 2.63. The molecule has 32 heavy (non-hydrogen) atoms. The van der Waals surface area contributed by atoms with Crippen LogP contribution in [0.5, 0.6) is 5.75 Å². The SMILES string of the molecule is COc1ccc(NC(=O)c2ccc3c(c2)[C@H]2[C@@H]4CC[C@@H](C4)[C@@H]2[C@H](c2ccccc2)N3)cc1. The Kier molecular flexibility index (Phi) is 4.67. The Morgan fingerprint density at radius 3 is 2.53 bits per heavy atom. The topological polar surface area (TPSA) is 50.4 Å². The molecule has 3 aromatic carbocycles. The fourth-order valence-corrected chi connectivity index (χ4v) is 6.50. The lowest BCUT2D eigenvalue weighted by atomic mass is 9.68. The Balaban J connectivity index is 1.32. The van der Waals surface area contributed by atoms with Crippen molar-refractivity contribution in [3.8, 4) is 5.75 Å². The molecule has 5 atom stereocenters. The molecule has 1 aliphatic heterocycles. The summed E-state index contributed by atoms with van der Waals surface area (Å²) in [6.45, 7) is 0. The first-order chi connectivity index (χ1) is 15.7. The summed E-state index contributed by atoms with van der Waals surface area (Å²) in [7, 11) is 1.64. The van der Waals surface area contributed by atoms with E-state index in [4.69, 9.17) is 4.74 Å². The normalized spacial score (nSPS) is 27.2. The summed E-state index contributed by atoms with van der Waals surface area (Å²) in [5, 5.41) is 6.88. The first kappa shape index (κ1) is 19.4. The second kappa shape index (κ2) is 7.70. The molecule has 4 heteroatoms. The number of amides is 1. The summed E-state index contributed by atoms with van der Waals surface area (Å²) in [5.41, 5.74) is 5.39. The van der Waals surface area contributed by atoms with Crippen LogP contribution < -0.4 is 15.4 Å². The quantitative estimate of drug-likeness (QED) is 0.521. The van der Waals surface area contributed by atoms with Gasteiger partial charge in [-0.3, -0.25) is 4.79 Å². The van der Waals surface area contributed by atoms with Gasteiger partial charge in [0.15, 0.2) is 0 Å². The van der Waals surface area contributed by atoms with E-state index in [-0.39, 0.29) is 5.91 Å². The number of rotatable bonds is 4. The molecule has 0 saturated heterocycles. The number of ether oxygens (including phenoxy) is 1. The van der Waals surface area contributed by atoms with Crippen molar-refractivity contribution in [3.05, 3.63) is 89.5 Å². The maximum atomic E-state index is 13.0. The van der Waals surface area contributed by atoms with Gasteiger partial charge >= 0.3 is 0 Å². The Bertz CT molecular complexity index is 1140. The Morgan fingerprint density at radius 1 is 0.969 bits per heavy atom. The largest absolute Gasteiger partial charge is 0.497 e. The Hall–Kier alpha value is -3.27. The molecule has 4 nitrogen and oxygen atoms in total. The molecule has 0 radical (unpaired) electrons. The highest BCUT2D eigenvalue weighted by atomic mass is 16.5. The smallest absolute Gasteiger partial charge is 0.255 e. The number of anilines is 2. The van der Waals surface area contributed by atoms with Crippen molar-refractivity contribution in [2.75, 3.05) is 17.7 Å². The molecule has 6 rings (SSSR count). The Labute approximate surface area is 189 Å². The van der Waals surface area contributed by atoms with E-state index in [1.165, 1.54) is 36.1 Å². The third kappa shape index (κ3) is 3.17. The second-order valence-electron chi connectivity index (χ2n) is 9.45. The molecule has 162 valence electrons. The van der Waals surface area contributed by atoms with E-state index in [1.54, 1.807) is 7.11 Å². The van der Waals surface area contributed by atoms with Crippen LogP contribution in [0.3, 0.4) is 0 Å². The van der Waals surface area contributed by atoms with Crippen LogP contribution in [0.2, 0.25) is 0 Å². The van der Waals surface area contributed by atoms with E-state index in [0.717, 1.165) is 28.8 Å². The van der Waals surface area contributed by atoms with Crippen molar-refractivity contribution in [2.45, 2.75) is 31.2 Å². The first-order valence-corrected chi connectivity index (χ1v) is 11.6. The molecule has 1 heterocycles. The summed E-state index contributed by atoms with van der Waals surface area (Å²) in [6, 6.07) is 24.9. The van der Waals surface area contributed by atoms with Crippen LogP contribution in [0.25, 0.3) is 0 Å². The van der Waals surface area contributed by atoms with Gasteiger partial charge in [0.1, 0.15) is 5.75 Å². The third-order valence-corrected chi connectivity index (χ3v) is 7.86. The van der Waals surface area contributed by atoms with Crippen LogP contribution in [0.4, 0.5) is 11.4 Å². The summed E-state index contributed by atoms with van der Waals surface area (Å²) in [5.74, 6) is 3.35. The number of fused-ring (bicyclic) bond motifs is 7. The second-order valence-corrected chi connectivity index (χ2v) is 9.45. The zero-order valence-corrected chi connectivity index (χ0v) is 18.3. The average Bonchev–Trinajstić information content (AvgIpc) is 3.47. The molecule has 1 amide bonds.